The molecule has 2 rings (SSSR count). The molecule has 112 valence electrons. The van der Waals surface area contributed by atoms with E-state index in [0.29, 0.717) is 6.54 Å². The molecule has 0 atom stereocenters. The van der Waals surface area contributed by atoms with E-state index in [9.17, 15) is 13.2 Å². The van der Waals surface area contributed by atoms with Crippen molar-refractivity contribution in [1.82, 2.24) is 9.97 Å². The molecule has 0 saturated carbocycles. The first-order chi connectivity index (χ1) is 9.56. The van der Waals surface area contributed by atoms with Gasteiger partial charge in [0.25, 0.3) is 0 Å². The van der Waals surface area contributed by atoms with Gasteiger partial charge >= 0.3 is 6.18 Å². The normalized spacial score (nSPS) is 15.6. The zero-order chi connectivity index (χ0) is 14.4. The van der Waals surface area contributed by atoms with Crippen molar-refractivity contribution >= 4 is 5.82 Å². The summed E-state index contributed by atoms with van der Waals surface area (Å²) in [4.78, 5) is 8.47. The van der Waals surface area contributed by atoms with Crippen LogP contribution < -0.4 is 5.32 Å². The molecule has 1 aliphatic rings. The number of alkyl halides is 3. The van der Waals surface area contributed by atoms with Gasteiger partial charge in [0.2, 0.25) is 0 Å². The second-order valence-corrected chi connectivity index (χ2v) is 4.80. The summed E-state index contributed by atoms with van der Waals surface area (Å²) in [5.74, 6) is 0.729. The highest BCUT2D eigenvalue weighted by atomic mass is 19.4. The first kappa shape index (κ1) is 15.0. The number of halogens is 3. The number of nitrogens with zero attached hydrogens (tertiary/aromatic N) is 2. The van der Waals surface area contributed by atoms with Crippen LogP contribution in [-0.2, 0) is 17.6 Å². The monoisotopic (exact) mass is 289 g/mol. The number of aromatic nitrogens is 2. The SMILES string of the molecule is FC(F)(F)COCCNc1ncnc2c1CCCCC2. The minimum Gasteiger partial charge on any atom is -0.370 e. The summed E-state index contributed by atoms with van der Waals surface area (Å²) in [5.41, 5.74) is 2.15. The first-order valence-corrected chi connectivity index (χ1v) is 6.77. The highest BCUT2D eigenvalue weighted by molar-refractivity contribution is 5.46. The third kappa shape index (κ3) is 4.63. The van der Waals surface area contributed by atoms with E-state index in [1.807, 2.05) is 0 Å². The topological polar surface area (TPSA) is 47.0 Å². The van der Waals surface area contributed by atoms with Gasteiger partial charge in [-0.2, -0.15) is 13.2 Å². The van der Waals surface area contributed by atoms with Crippen molar-refractivity contribution in [2.75, 3.05) is 25.1 Å². The zero-order valence-corrected chi connectivity index (χ0v) is 11.2. The smallest absolute Gasteiger partial charge is 0.370 e. The molecule has 1 aromatic heterocycles. The van der Waals surface area contributed by atoms with Crippen molar-refractivity contribution in [3.63, 3.8) is 0 Å². The van der Waals surface area contributed by atoms with Crippen molar-refractivity contribution in [1.29, 1.82) is 0 Å². The predicted molar refractivity (Wildman–Crippen MR) is 68.7 cm³/mol. The summed E-state index contributed by atoms with van der Waals surface area (Å²) < 4.78 is 40.3. The maximum Gasteiger partial charge on any atom is 0.411 e. The van der Waals surface area contributed by atoms with E-state index < -0.39 is 12.8 Å². The predicted octanol–water partition coefficient (Wildman–Crippen LogP) is 2.74. The van der Waals surface area contributed by atoms with Crippen LogP contribution >= 0.6 is 0 Å². The maximum absolute atomic E-state index is 11.9. The molecular weight excluding hydrogens is 271 g/mol. The van der Waals surface area contributed by atoms with E-state index in [0.717, 1.165) is 42.8 Å². The lowest BCUT2D eigenvalue weighted by atomic mass is 10.1. The van der Waals surface area contributed by atoms with Gasteiger partial charge in [-0.05, 0) is 25.7 Å². The van der Waals surface area contributed by atoms with Gasteiger partial charge in [0, 0.05) is 17.8 Å². The highest BCUT2D eigenvalue weighted by Crippen LogP contribution is 2.23. The molecule has 20 heavy (non-hydrogen) atoms. The van der Waals surface area contributed by atoms with Crippen LogP contribution in [0.4, 0.5) is 19.0 Å². The molecule has 1 aliphatic carbocycles. The molecule has 1 aromatic rings. The minimum absolute atomic E-state index is 0.00170. The number of anilines is 1. The Bertz CT molecular complexity index is 437. The van der Waals surface area contributed by atoms with Crippen molar-refractivity contribution < 1.29 is 17.9 Å². The average Bonchev–Trinajstić information content (AvgIpc) is 2.62. The van der Waals surface area contributed by atoms with Crippen molar-refractivity contribution in [3.05, 3.63) is 17.6 Å². The van der Waals surface area contributed by atoms with E-state index in [1.54, 1.807) is 0 Å². The molecular formula is C13H18F3N3O. The number of hydrogen-bond acceptors (Lipinski definition) is 4. The number of aryl methyl sites for hydroxylation is 1. The van der Waals surface area contributed by atoms with Gasteiger partial charge < -0.3 is 10.1 Å². The molecule has 0 aliphatic heterocycles. The van der Waals surface area contributed by atoms with E-state index in [4.69, 9.17) is 0 Å². The summed E-state index contributed by atoms with van der Waals surface area (Å²) in [6, 6.07) is 0. The van der Waals surface area contributed by atoms with Crippen LogP contribution in [0, 0.1) is 0 Å². The second kappa shape index (κ2) is 6.88. The molecule has 1 N–H and O–H groups in total. The summed E-state index contributed by atoms with van der Waals surface area (Å²) in [5, 5.41) is 3.04. The number of ether oxygens (including phenoxy) is 1. The molecule has 0 bridgehead atoms. The number of nitrogens with one attached hydrogen (secondary N) is 1. The van der Waals surface area contributed by atoms with Crippen LogP contribution in [0.25, 0.3) is 0 Å². The molecule has 0 saturated heterocycles. The lowest BCUT2D eigenvalue weighted by Gasteiger charge is -2.13. The Morgan fingerprint density at radius 1 is 1.15 bits per heavy atom. The number of fused-ring (bicyclic) bond motifs is 1. The molecule has 4 nitrogen and oxygen atoms in total. The molecule has 1 heterocycles. The Morgan fingerprint density at radius 3 is 2.75 bits per heavy atom. The second-order valence-electron chi connectivity index (χ2n) is 4.80. The lowest BCUT2D eigenvalue weighted by Crippen LogP contribution is -2.20. The van der Waals surface area contributed by atoms with Gasteiger partial charge in [0.05, 0.1) is 6.61 Å². The van der Waals surface area contributed by atoms with Crippen molar-refractivity contribution in [2.24, 2.45) is 0 Å². The van der Waals surface area contributed by atoms with Gasteiger partial charge in [-0.3, -0.25) is 0 Å². The molecule has 0 radical (unpaired) electrons. The Hall–Kier alpha value is -1.37. The van der Waals surface area contributed by atoms with Crippen LogP contribution in [0.1, 0.15) is 30.5 Å². The molecule has 0 fully saturated rings. The zero-order valence-electron chi connectivity index (χ0n) is 11.2. The van der Waals surface area contributed by atoms with Crippen LogP contribution in [0.15, 0.2) is 6.33 Å². The van der Waals surface area contributed by atoms with Crippen LogP contribution in [0.2, 0.25) is 0 Å². The maximum atomic E-state index is 11.9. The van der Waals surface area contributed by atoms with Gasteiger partial charge in [-0.15, -0.1) is 0 Å². The van der Waals surface area contributed by atoms with Gasteiger partial charge in [-0.1, -0.05) is 6.42 Å². The fourth-order valence-corrected chi connectivity index (χ4v) is 2.28. The van der Waals surface area contributed by atoms with Gasteiger partial charge in [0.1, 0.15) is 18.8 Å². The lowest BCUT2D eigenvalue weighted by molar-refractivity contribution is -0.172. The fraction of sp³-hybridized carbons (Fsp3) is 0.692. The Labute approximate surface area is 115 Å². The molecule has 0 amide bonds. The van der Waals surface area contributed by atoms with E-state index in [1.165, 1.54) is 12.7 Å². The van der Waals surface area contributed by atoms with E-state index in [2.05, 4.69) is 20.0 Å². The van der Waals surface area contributed by atoms with Gasteiger partial charge in [0.15, 0.2) is 0 Å². The molecule has 0 unspecified atom stereocenters. The summed E-state index contributed by atoms with van der Waals surface area (Å²) in [7, 11) is 0. The van der Waals surface area contributed by atoms with Crippen molar-refractivity contribution in [2.45, 2.75) is 38.3 Å². The summed E-state index contributed by atoms with van der Waals surface area (Å²) in [6.07, 6.45) is 2.48. The Kier molecular flexibility index (Phi) is 5.17. The van der Waals surface area contributed by atoms with Crippen LogP contribution in [0.5, 0.6) is 0 Å². The van der Waals surface area contributed by atoms with Crippen LogP contribution in [-0.4, -0.2) is 35.9 Å². The highest BCUT2D eigenvalue weighted by Gasteiger charge is 2.27. The Morgan fingerprint density at radius 2 is 1.95 bits per heavy atom. The van der Waals surface area contributed by atoms with Crippen molar-refractivity contribution in [3.8, 4) is 0 Å². The standard InChI is InChI=1S/C13H18F3N3O/c14-13(15,16)8-20-7-6-17-12-10-4-2-1-3-5-11(10)18-9-19-12/h9H,1-8H2,(H,17,18,19). The number of hydrogen-bond donors (Lipinski definition) is 1. The third-order valence-electron chi connectivity index (χ3n) is 3.18. The quantitative estimate of drug-likeness (QED) is 0.669. The van der Waals surface area contributed by atoms with Gasteiger partial charge in [-0.25, -0.2) is 9.97 Å². The molecule has 0 aromatic carbocycles. The fourth-order valence-electron chi connectivity index (χ4n) is 2.28. The van der Waals surface area contributed by atoms with E-state index in [-0.39, 0.29) is 6.61 Å². The minimum atomic E-state index is -4.27. The molecule has 7 heteroatoms. The van der Waals surface area contributed by atoms with Crippen LogP contribution in [0.3, 0.4) is 0 Å². The third-order valence-corrected chi connectivity index (χ3v) is 3.18. The largest absolute Gasteiger partial charge is 0.411 e. The Balaban J connectivity index is 1.84. The summed E-state index contributed by atoms with van der Waals surface area (Å²) in [6.45, 7) is -0.908. The summed E-state index contributed by atoms with van der Waals surface area (Å²) >= 11 is 0. The average molecular weight is 289 g/mol. The molecule has 0 spiro atoms. The number of rotatable bonds is 5. The van der Waals surface area contributed by atoms with E-state index >= 15 is 0 Å². The first-order valence-electron chi connectivity index (χ1n) is 6.77.